The molecule has 0 spiro atoms. The highest BCUT2D eigenvalue weighted by atomic mass is 16.5. The lowest BCUT2D eigenvalue weighted by atomic mass is 10.1. The van der Waals surface area contributed by atoms with Gasteiger partial charge in [-0.05, 0) is 6.42 Å². The monoisotopic (exact) mass is 304 g/mol. The second kappa shape index (κ2) is 14.3. The van der Waals surface area contributed by atoms with Crippen molar-refractivity contribution in [1.82, 2.24) is 0 Å². The molecule has 0 saturated heterocycles. The summed E-state index contributed by atoms with van der Waals surface area (Å²) in [6.45, 7) is 1.40. The Labute approximate surface area is 128 Å². The summed E-state index contributed by atoms with van der Waals surface area (Å²) in [5.41, 5.74) is 0. The molecule has 0 saturated carbocycles. The lowest BCUT2D eigenvalue weighted by Gasteiger charge is -2.15. The molecule has 0 aliphatic carbocycles. The molecule has 126 valence electrons. The Kier molecular flexibility index (Phi) is 13.9. The van der Waals surface area contributed by atoms with Crippen molar-refractivity contribution in [2.45, 2.75) is 83.3 Å². The molecule has 5 nitrogen and oxygen atoms in total. The van der Waals surface area contributed by atoms with Crippen LogP contribution >= 0.6 is 0 Å². The van der Waals surface area contributed by atoms with Gasteiger partial charge in [0.05, 0.1) is 6.61 Å². The van der Waals surface area contributed by atoms with Crippen molar-refractivity contribution in [3.63, 3.8) is 0 Å². The summed E-state index contributed by atoms with van der Waals surface area (Å²) in [5, 5.41) is 27.0. The van der Waals surface area contributed by atoms with Gasteiger partial charge in [0.1, 0.15) is 18.8 Å². The highest BCUT2D eigenvalue weighted by molar-refractivity contribution is 5.69. The van der Waals surface area contributed by atoms with Crippen molar-refractivity contribution in [3.05, 3.63) is 0 Å². The standard InChI is InChI=1S/C16H32O5/c1-2-3-4-5-6-7-8-9-10-11-16(20)21-13-15(19)14(18)12-17/h14-15,17-19H,2-13H2,1H3/t14-,15+/m1/s1. The Morgan fingerprint density at radius 2 is 1.43 bits per heavy atom. The molecule has 0 rings (SSSR count). The van der Waals surface area contributed by atoms with E-state index in [1.807, 2.05) is 0 Å². The van der Waals surface area contributed by atoms with Crippen molar-refractivity contribution in [3.8, 4) is 0 Å². The van der Waals surface area contributed by atoms with Crippen LogP contribution in [0.3, 0.4) is 0 Å². The van der Waals surface area contributed by atoms with Gasteiger partial charge in [-0.3, -0.25) is 4.79 Å². The van der Waals surface area contributed by atoms with Gasteiger partial charge in [-0.1, -0.05) is 58.3 Å². The summed E-state index contributed by atoms with van der Waals surface area (Å²) < 4.78 is 4.84. The second-order valence-corrected chi connectivity index (χ2v) is 5.58. The number of hydrogen-bond acceptors (Lipinski definition) is 5. The van der Waals surface area contributed by atoms with E-state index in [-0.39, 0.29) is 12.6 Å². The van der Waals surface area contributed by atoms with E-state index in [1.165, 1.54) is 38.5 Å². The summed E-state index contributed by atoms with van der Waals surface area (Å²) in [7, 11) is 0. The fourth-order valence-corrected chi connectivity index (χ4v) is 2.06. The maximum absolute atomic E-state index is 11.4. The molecule has 0 aliphatic heterocycles. The van der Waals surface area contributed by atoms with Crippen LogP contribution in [0.25, 0.3) is 0 Å². The predicted molar refractivity (Wildman–Crippen MR) is 81.9 cm³/mol. The van der Waals surface area contributed by atoms with Crippen LogP contribution in [-0.4, -0.2) is 46.7 Å². The molecule has 0 bridgehead atoms. The quantitative estimate of drug-likeness (QED) is 0.338. The van der Waals surface area contributed by atoms with Gasteiger partial charge in [-0.25, -0.2) is 0 Å². The first-order valence-electron chi connectivity index (χ1n) is 8.24. The van der Waals surface area contributed by atoms with Crippen molar-refractivity contribution in [1.29, 1.82) is 0 Å². The molecule has 21 heavy (non-hydrogen) atoms. The number of unbranched alkanes of at least 4 members (excludes halogenated alkanes) is 8. The summed E-state index contributed by atoms with van der Waals surface area (Å²) >= 11 is 0. The number of aliphatic hydroxyl groups is 3. The molecule has 0 radical (unpaired) electrons. The van der Waals surface area contributed by atoms with Gasteiger partial charge in [-0.15, -0.1) is 0 Å². The minimum atomic E-state index is -1.26. The van der Waals surface area contributed by atoms with Crippen LogP contribution in [0.1, 0.15) is 71.1 Å². The fourth-order valence-electron chi connectivity index (χ4n) is 2.06. The van der Waals surface area contributed by atoms with Gasteiger partial charge >= 0.3 is 5.97 Å². The topological polar surface area (TPSA) is 87.0 Å². The zero-order valence-corrected chi connectivity index (χ0v) is 13.3. The molecular weight excluding hydrogens is 272 g/mol. The van der Waals surface area contributed by atoms with Gasteiger partial charge in [0.15, 0.2) is 0 Å². The van der Waals surface area contributed by atoms with E-state index in [0.717, 1.165) is 19.3 Å². The Morgan fingerprint density at radius 1 is 0.905 bits per heavy atom. The first-order valence-corrected chi connectivity index (χ1v) is 8.24. The Morgan fingerprint density at radius 3 is 1.95 bits per heavy atom. The van der Waals surface area contributed by atoms with Crippen LogP contribution in [0.5, 0.6) is 0 Å². The Bertz CT molecular complexity index is 245. The highest BCUT2D eigenvalue weighted by Gasteiger charge is 2.16. The molecule has 0 aliphatic rings. The molecule has 0 aromatic heterocycles. The van der Waals surface area contributed by atoms with Gasteiger partial charge in [0, 0.05) is 6.42 Å². The second-order valence-electron chi connectivity index (χ2n) is 5.58. The number of hydrogen-bond donors (Lipinski definition) is 3. The number of aliphatic hydroxyl groups excluding tert-OH is 3. The molecule has 0 unspecified atom stereocenters. The van der Waals surface area contributed by atoms with Gasteiger partial charge < -0.3 is 20.1 Å². The van der Waals surface area contributed by atoms with E-state index < -0.39 is 18.8 Å². The number of carbonyl (C=O) groups is 1. The van der Waals surface area contributed by atoms with E-state index in [0.29, 0.717) is 6.42 Å². The number of esters is 1. The smallest absolute Gasteiger partial charge is 0.305 e. The lowest BCUT2D eigenvalue weighted by molar-refractivity contribution is -0.149. The third kappa shape index (κ3) is 12.8. The average Bonchev–Trinajstić information content (AvgIpc) is 2.50. The van der Waals surface area contributed by atoms with E-state index in [9.17, 15) is 9.90 Å². The van der Waals surface area contributed by atoms with Crippen LogP contribution in [0.4, 0.5) is 0 Å². The third-order valence-electron chi connectivity index (χ3n) is 3.53. The summed E-state index contributed by atoms with van der Waals surface area (Å²) in [4.78, 5) is 11.4. The molecule has 3 N–H and O–H groups in total. The molecule has 0 fully saturated rings. The Balaban J connectivity index is 3.34. The van der Waals surface area contributed by atoms with E-state index in [4.69, 9.17) is 14.9 Å². The zero-order valence-electron chi connectivity index (χ0n) is 13.3. The van der Waals surface area contributed by atoms with Gasteiger partial charge in [0.2, 0.25) is 0 Å². The van der Waals surface area contributed by atoms with E-state index in [2.05, 4.69) is 6.92 Å². The molecule has 0 heterocycles. The molecule has 5 heteroatoms. The van der Waals surface area contributed by atoms with E-state index >= 15 is 0 Å². The van der Waals surface area contributed by atoms with E-state index in [1.54, 1.807) is 0 Å². The molecule has 2 atom stereocenters. The fraction of sp³-hybridized carbons (Fsp3) is 0.938. The highest BCUT2D eigenvalue weighted by Crippen LogP contribution is 2.10. The van der Waals surface area contributed by atoms with Crippen LogP contribution in [0, 0.1) is 0 Å². The van der Waals surface area contributed by atoms with Crippen molar-refractivity contribution in [2.75, 3.05) is 13.2 Å². The van der Waals surface area contributed by atoms with Crippen LogP contribution in [0.2, 0.25) is 0 Å². The van der Waals surface area contributed by atoms with Gasteiger partial charge in [-0.2, -0.15) is 0 Å². The summed E-state index contributed by atoms with van der Waals surface area (Å²) in [6.07, 6.45) is 8.55. The normalized spacial score (nSPS) is 13.9. The maximum atomic E-state index is 11.4. The summed E-state index contributed by atoms with van der Waals surface area (Å²) in [6, 6.07) is 0. The summed E-state index contributed by atoms with van der Waals surface area (Å²) in [5.74, 6) is -0.359. The predicted octanol–water partition coefficient (Wildman–Crippen LogP) is 2.16. The Hall–Kier alpha value is -0.650. The molecule has 0 aromatic carbocycles. The number of ether oxygens (including phenoxy) is 1. The molecule has 0 aromatic rings. The maximum Gasteiger partial charge on any atom is 0.305 e. The molecule has 0 amide bonds. The first kappa shape index (κ1) is 20.3. The van der Waals surface area contributed by atoms with Crippen molar-refractivity contribution < 1.29 is 24.9 Å². The van der Waals surface area contributed by atoms with Gasteiger partial charge in [0.25, 0.3) is 0 Å². The largest absolute Gasteiger partial charge is 0.463 e. The van der Waals surface area contributed by atoms with Crippen molar-refractivity contribution in [2.24, 2.45) is 0 Å². The zero-order chi connectivity index (χ0) is 15.9. The molecular formula is C16H32O5. The average molecular weight is 304 g/mol. The third-order valence-corrected chi connectivity index (χ3v) is 3.53. The minimum absolute atomic E-state index is 0.266. The first-order chi connectivity index (χ1) is 10.1. The minimum Gasteiger partial charge on any atom is -0.463 e. The lowest BCUT2D eigenvalue weighted by Crippen LogP contribution is -2.34. The number of rotatable bonds is 14. The van der Waals surface area contributed by atoms with Crippen LogP contribution in [-0.2, 0) is 9.53 Å². The SMILES string of the molecule is CCCCCCCCCCCC(=O)OC[C@H](O)[C@H](O)CO. The van der Waals surface area contributed by atoms with Crippen LogP contribution < -0.4 is 0 Å². The number of carbonyl (C=O) groups excluding carboxylic acids is 1. The van der Waals surface area contributed by atoms with Crippen molar-refractivity contribution >= 4 is 5.97 Å². The van der Waals surface area contributed by atoms with Crippen LogP contribution in [0.15, 0.2) is 0 Å².